The summed E-state index contributed by atoms with van der Waals surface area (Å²) in [6.07, 6.45) is 0. The smallest absolute Gasteiger partial charge is 0.327 e. The van der Waals surface area contributed by atoms with E-state index in [0.29, 0.717) is 6.61 Å². The molecule has 4 heteroatoms. The van der Waals surface area contributed by atoms with Gasteiger partial charge in [-0.05, 0) is 35.9 Å². The van der Waals surface area contributed by atoms with Crippen molar-refractivity contribution in [1.82, 2.24) is 5.32 Å². The first-order valence-corrected chi connectivity index (χ1v) is 5.66. The number of esters is 1. The molecular weight excluding hydrogens is 198 g/mol. The Kier molecular flexibility index (Phi) is 4.62. The summed E-state index contributed by atoms with van der Waals surface area (Å²) in [6, 6.07) is 1.63. The van der Waals surface area contributed by atoms with Gasteiger partial charge in [-0.2, -0.15) is 11.3 Å². The van der Waals surface area contributed by atoms with E-state index < -0.39 is 0 Å². The van der Waals surface area contributed by atoms with Gasteiger partial charge in [0.1, 0.15) is 6.04 Å². The van der Waals surface area contributed by atoms with E-state index in [1.54, 1.807) is 11.3 Å². The van der Waals surface area contributed by atoms with E-state index in [0.717, 1.165) is 12.1 Å². The van der Waals surface area contributed by atoms with Crippen molar-refractivity contribution < 1.29 is 9.53 Å². The zero-order valence-corrected chi connectivity index (χ0v) is 9.26. The molecular formula is C10H15NO2S. The first kappa shape index (κ1) is 11.2. The molecule has 1 atom stereocenters. The van der Waals surface area contributed by atoms with Crippen LogP contribution in [0.25, 0.3) is 0 Å². The van der Waals surface area contributed by atoms with Crippen molar-refractivity contribution in [2.45, 2.75) is 19.9 Å². The SMILES string of the molecule is CCNC(C(=O)OCC)c1ccsc1. The van der Waals surface area contributed by atoms with Crippen LogP contribution in [-0.2, 0) is 9.53 Å². The number of thiophene rings is 1. The first-order chi connectivity index (χ1) is 6.79. The highest BCUT2D eigenvalue weighted by Crippen LogP contribution is 2.17. The molecule has 1 aromatic rings. The highest BCUT2D eigenvalue weighted by Gasteiger charge is 2.20. The standard InChI is InChI=1S/C10H15NO2S/c1-3-11-9(10(12)13-4-2)8-5-6-14-7-8/h5-7,9,11H,3-4H2,1-2H3. The summed E-state index contributed by atoms with van der Waals surface area (Å²) in [5.74, 6) is -0.201. The van der Waals surface area contributed by atoms with Crippen molar-refractivity contribution in [1.29, 1.82) is 0 Å². The molecule has 0 aromatic carbocycles. The van der Waals surface area contributed by atoms with E-state index >= 15 is 0 Å². The number of likely N-dealkylation sites (N-methyl/N-ethyl adjacent to an activating group) is 1. The zero-order chi connectivity index (χ0) is 10.4. The van der Waals surface area contributed by atoms with Crippen LogP contribution in [0.1, 0.15) is 25.5 Å². The van der Waals surface area contributed by atoms with Gasteiger partial charge in [-0.1, -0.05) is 6.92 Å². The summed E-state index contributed by atoms with van der Waals surface area (Å²) in [5.41, 5.74) is 0.982. The van der Waals surface area contributed by atoms with E-state index in [2.05, 4.69) is 5.32 Å². The molecule has 78 valence electrons. The summed E-state index contributed by atoms with van der Waals surface area (Å²) < 4.78 is 4.98. The Hall–Kier alpha value is -0.870. The van der Waals surface area contributed by atoms with Gasteiger partial charge in [0.25, 0.3) is 0 Å². The third-order valence-corrected chi connectivity index (χ3v) is 2.51. The lowest BCUT2D eigenvalue weighted by molar-refractivity contribution is -0.145. The van der Waals surface area contributed by atoms with Crippen molar-refractivity contribution in [3.8, 4) is 0 Å². The molecule has 0 amide bonds. The largest absolute Gasteiger partial charge is 0.465 e. The van der Waals surface area contributed by atoms with Crippen LogP contribution in [0.15, 0.2) is 16.8 Å². The molecule has 0 aliphatic rings. The van der Waals surface area contributed by atoms with Gasteiger partial charge in [-0.3, -0.25) is 0 Å². The van der Waals surface area contributed by atoms with Crippen LogP contribution in [0.4, 0.5) is 0 Å². The molecule has 0 radical (unpaired) electrons. The van der Waals surface area contributed by atoms with Crippen LogP contribution in [-0.4, -0.2) is 19.1 Å². The molecule has 0 saturated carbocycles. The van der Waals surface area contributed by atoms with Crippen LogP contribution >= 0.6 is 11.3 Å². The minimum absolute atomic E-state index is 0.201. The molecule has 1 N–H and O–H groups in total. The van der Waals surface area contributed by atoms with Crippen LogP contribution in [0.2, 0.25) is 0 Å². The number of carbonyl (C=O) groups is 1. The monoisotopic (exact) mass is 213 g/mol. The van der Waals surface area contributed by atoms with Crippen molar-refractivity contribution in [2.75, 3.05) is 13.2 Å². The number of nitrogens with one attached hydrogen (secondary N) is 1. The molecule has 0 aliphatic carbocycles. The highest BCUT2D eigenvalue weighted by atomic mass is 32.1. The Morgan fingerprint density at radius 2 is 2.43 bits per heavy atom. The zero-order valence-electron chi connectivity index (χ0n) is 8.45. The lowest BCUT2D eigenvalue weighted by Crippen LogP contribution is -2.29. The van der Waals surface area contributed by atoms with E-state index in [1.807, 2.05) is 30.7 Å². The molecule has 1 aromatic heterocycles. The van der Waals surface area contributed by atoms with Crippen molar-refractivity contribution >= 4 is 17.3 Å². The molecule has 1 rings (SSSR count). The lowest BCUT2D eigenvalue weighted by Gasteiger charge is -2.14. The van der Waals surface area contributed by atoms with Gasteiger partial charge in [0, 0.05) is 0 Å². The molecule has 0 fully saturated rings. The summed E-state index contributed by atoms with van der Waals surface area (Å²) in [4.78, 5) is 11.6. The van der Waals surface area contributed by atoms with Gasteiger partial charge in [0.2, 0.25) is 0 Å². The maximum atomic E-state index is 11.6. The minimum Gasteiger partial charge on any atom is -0.465 e. The van der Waals surface area contributed by atoms with E-state index in [4.69, 9.17) is 4.74 Å². The average Bonchev–Trinajstić information content (AvgIpc) is 2.67. The number of hydrogen-bond acceptors (Lipinski definition) is 4. The van der Waals surface area contributed by atoms with Gasteiger partial charge in [-0.25, -0.2) is 4.79 Å². The van der Waals surface area contributed by atoms with Gasteiger partial charge in [0.15, 0.2) is 0 Å². The fraction of sp³-hybridized carbons (Fsp3) is 0.500. The molecule has 3 nitrogen and oxygen atoms in total. The summed E-state index contributed by atoms with van der Waals surface area (Å²) in [5, 5.41) is 7.02. The molecule has 1 heterocycles. The lowest BCUT2D eigenvalue weighted by atomic mass is 10.1. The van der Waals surface area contributed by atoms with E-state index in [-0.39, 0.29) is 12.0 Å². The second-order valence-corrected chi connectivity index (χ2v) is 3.58. The van der Waals surface area contributed by atoms with E-state index in [1.165, 1.54) is 0 Å². The molecule has 0 spiro atoms. The quantitative estimate of drug-likeness (QED) is 0.760. The number of carbonyl (C=O) groups excluding carboxylic acids is 1. The van der Waals surface area contributed by atoms with Crippen molar-refractivity contribution in [2.24, 2.45) is 0 Å². The number of hydrogen-bond donors (Lipinski definition) is 1. The van der Waals surface area contributed by atoms with Crippen LogP contribution < -0.4 is 5.32 Å². The molecule has 0 bridgehead atoms. The average molecular weight is 213 g/mol. The number of ether oxygens (including phenoxy) is 1. The highest BCUT2D eigenvalue weighted by molar-refractivity contribution is 7.08. The van der Waals surface area contributed by atoms with Gasteiger partial charge >= 0.3 is 5.97 Å². The summed E-state index contributed by atoms with van der Waals surface area (Å²) in [6.45, 7) is 4.96. The Bertz CT molecular complexity index is 272. The Labute approximate surface area is 88.1 Å². The third-order valence-electron chi connectivity index (χ3n) is 1.81. The minimum atomic E-state index is -0.314. The maximum absolute atomic E-state index is 11.6. The third kappa shape index (κ3) is 2.82. The Morgan fingerprint density at radius 1 is 1.64 bits per heavy atom. The van der Waals surface area contributed by atoms with Crippen molar-refractivity contribution in [3.63, 3.8) is 0 Å². The van der Waals surface area contributed by atoms with Crippen LogP contribution in [0, 0.1) is 0 Å². The number of rotatable bonds is 5. The first-order valence-electron chi connectivity index (χ1n) is 4.71. The second-order valence-electron chi connectivity index (χ2n) is 2.80. The normalized spacial score (nSPS) is 12.4. The fourth-order valence-electron chi connectivity index (χ4n) is 1.21. The predicted molar refractivity (Wildman–Crippen MR) is 57.4 cm³/mol. The summed E-state index contributed by atoms with van der Waals surface area (Å²) in [7, 11) is 0. The molecule has 0 saturated heterocycles. The van der Waals surface area contributed by atoms with Crippen LogP contribution in [0.3, 0.4) is 0 Å². The summed E-state index contributed by atoms with van der Waals surface area (Å²) >= 11 is 1.58. The van der Waals surface area contributed by atoms with Crippen LogP contribution in [0.5, 0.6) is 0 Å². The predicted octanol–water partition coefficient (Wildman–Crippen LogP) is 1.96. The Morgan fingerprint density at radius 3 is 2.93 bits per heavy atom. The van der Waals surface area contributed by atoms with Gasteiger partial charge in [0.05, 0.1) is 6.61 Å². The Balaban J connectivity index is 2.69. The van der Waals surface area contributed by atoms with Gasteiger partial charge in [-0.15, -0.1) is 0 Å². The second kappa shape index (κ2) is 5.78. The topological polar surface area (TPSA) is 38.3 Å². The van der Waals surface area contributed by atoms with Crippen molar-refractivity contribution in [3.05, 3.63) is 22.4 Å². The molecule has 14 heavy (non-hydrogen) atoms. The molecule has 1 unspecified atom stereocenters. The van der Waals surface area contributed by atoms with E-state index in [9.17, 15) is 4.79 Å². The molecule has 0 aliphatic heterocycles. The fourth-order valence-corrected chi connectivity index (χ4v) is 1.89. The maximum Gasteiger partial charge on any atom is 0.327 e. The van der Waals surface area contributed by atoms with Gasteiger partial charge < -0.3 is 10.1 Å².